The van der Waals surface area contributed by atoms with Gasteiger partial charge in [-0.25, -0.2) is 4.39 Å². The van der Waals surface area contributed by atoms with Gasteiger partial charge in [0, 0.05) is 48.2 Å². The van der Waals surface area contributed by atoms with Crippen LogP contribution in [0.15, 0.2) is 54.4 Å². The van der Waals surface area contributed by atoms with Gasteiger partial charge in [0.15, 0.2) is 11.7 Å². The largest absolute Gasteiger partial charge is 0.501 e. The molecular formula is C46H67FNO2+. The normalized spacial score (nSPS) is 22.7. The molecule has 0 N–H and O–H groups in total. The van der Waals surface area contributed by atoms with E-state index in [2.05, 4.69) is 109 Å². The number of methoxy groups -OCH3 is 1. The number of unbranched alkanes of at least 4 members (excludes halogenated alkanes) is 4. The highest BCUT2D eigenvalue weighted by Crippen LogP contribution is 2.60. The Balaban J connectivity index is 1.54. The van der Waals surface area contributed by atoms with E-state index in [4.69, 9.17) is 9.47 Å². The number of allylic oxidation sites excluding steroid dienone is 1. The lowest BCUT2D eigenvalue weighted by Gasteiger charge is -2.37. The number of hydrogen-bond acceptors (Lipinski definition) is 2. The van der Waals surface area contributed by atoms with Crippen LogP contribution < -0.4 is 4.57 Å². The maximum absolute atomic E-state index is 15.7. The Morgan fingerprint density at radius 2 is 1.70 bits per heavy atom. The number of fused-ring (bicyclic) bond motifs is 8. The van der Waals surface area contributed by atoms with Crippen molar-refractivity contribution in [1.82, 2.24) is 0 Å². The summed E-state index contributed by atoms with van der Waals surface area (Å²) >= 11 is 0. The van der Waals surface area contributed by atoms with E-state index in [0.717, 1.165) is 49.8 Å². The molecule has 1 aliphatic heterocycles. The zero-order chi connectivity index (χ0) is 36.5. The summed E-state index contributed by atoms with van der Waals surface area (Å²) in [7, 11) is 1.76. The van der Waals surface area contributed by atoms with Crippen LogP contribution in [0.1, 0.15) is 143 Å². The number of aryl methyl sites for hydroxylation is 2. The third kappa shape index (κ3) is 7.57. The van der Waals surface area contributed by atoms with Crippen LogP contribution in [-0.4, -0.2) is 19.8 Å². The first-order chi connectivity index (χ1) is 23.6. The summed E-state index contributed by atoms with van der Waals surface area (Å²) in [5.74, 6) is 1.24. The summed E-state index contributed by atoms with van der Waals surface area (Å²) in [5, 5.41) is 2.58. The van der Waals surface area contributed by atoms with Crippen molar-refractivity contribution in [2.24, 2.45) is 16.7 Å². The average Bonchev–Trinajstić information content (AvgIpc) is 3.36. The van der Waals surface area contributed by atoms with E-state index in [1.54, 1.807) is 7.11 Å². The molecule has 50 heavy (non-hydrogen) atoms. The van der Waals surface area contributed by atoms with E-state index in [-0.39, 0.29) is 33.7 Å². The number of rotatable bonds is 14. The molecule has 5 rings (SSSR count). The molecule has 1 fully saturated rings. The first-order valence-corrected chi connectivity index (χ1v) is 19.8. The fraction of sp³-hybridized carbons (Fsp3) is 0.630. The highest BCUT2D eigenvalue weighted by atomic mass is 19.1. The minimum absolute atomic E-state index is 0.0513. The molecule has 4 unspecified atom stereocenters. The molecular weight excluding hydrogens is 618 g/mol. The fourth-order valence-electron chi connectivity index (χ4n) is 9.31. The summed E-state index contributed by atoms with van der Waals surface area (Å²) in [5.41, 5.74) is 5.43. The molecule has 4 heteroatoms. The average molecular weight is 685 g/mol. The van der Waals surface area contributed by atoms with Crippen LogP contribution in [0.3, 0.4) is 0 Å². The van der Waals surface area contributed by atoms with E-state index in [9.17, 15) is 0 Å². The summed E-state index contributed by atoms with van der Waals surface area (Å²) < 4.78 is 31.0. The SMILES string of the molecule is CCCCCCCc1ccc2c[n+]3c(cc2c1)-c1cc(C)c(F)cc1C1(CC)CC3(CC)CC1CCOC(C=C(OC)C(C)(C)C)C(C)(C)C. The summed E-state index contributed by atoms with van der Waals surface area (Å²) in [6.45, 7) is 22.8. The van der Waals surface area contributed by atoms with Gasteiger partial charge in [-0.15, -0.1) is 0 Å². The molecule has 1 aromatic heterocycles. The van der Waals surface area contributed by atoms with Crippen LogP contribution in [0.5, 0.6) is 0 Å². The van der Waals surface area contributed by atoms with Crippen molar-refractivity contribution in [3.05, 3.63) is 76.9 Å². The van der Waals surface area contributed by atoms with Crippen molar-refractivity contribution < 1.29 is 18.4 Å². The molecule has 0 radical (unpaired) electrons. The summed E-state index contributed by atoms with van der Waals surface area (Å²) in [4.78, 5) is 0. The van der Waals surface area contributed by atoms with E-state index in [0.29, 0.717) is 12.5 Å². The first kappa shape index (κ1) is 38.5. The van der Waals surface area contributed by atoms with Gasteiger partial charge in [-0.05, 0) is 90.3 Å². The second-order valence-corrected chi connectivity index (χ2v) is 17.9. The number of ether oxygens (including phenoxy) is 2. The van der Waals surface area contributed by atoms with Crippen LogP contribution in [0.2, 0.25) is 0 Å². The van der Waals surface area contributed by atoms with Gasteiger partial charge in [-0.2, -0.15) is 4.57 Å². The second-order valence-electron chi connectivity index (χ2n) is 17.9. The van der Waals surface area contributed by atoms with Gasteiger partial charge < -0.3 is 9.47 Å². The predicted molar refractivity (Wildman–Crippen MR) is 208 cm³/mol. The number of nitrogens with zero attached hydrogens (tertiary/aromatic N) is 1. The molecule has 4 atom stereocenters. The molecule has 3 nitrogen and oxygen atoms in total. The molecule has 2 aromatic carbocycles. The maximum atomic E-state index is 15.7. The highest BCUT2D eigenvalue weighted by molar-refractivity contribution is 5.85. The molecule has 0 spiro atoms. The van der Waals surface area contributed by atoms with Gasteiger partial charge in [0.1, 0.15) is 5.82 Å². The van der Waals surface area contributed by atoms with Gasteiger partial charge in [0.05, 0.1) is 24.5 Å². The zero-order valence-corrected chi connectivity index (χ0v) is 33.4. The van der Waals surface area contributed by atoms with Gasteiger partial charge >= 0.3 is 0 Å². The lowest BCUT2D eigenvalue weighted by atomic mass is 9.67. The molecule has 2 bridgehead atoms. The van der Waals surface area contributed by atoms with Crippen molar-refractivity contribution in [2.45, 2.75) is 157 Å². The second kappa shape index (κ2) is 15.1. The van der Waals surface area contributed by atoms with E-state index in [1.807, 2.05) is 13.0 Å². The molecule has 1 aliphatic carbocycles. The standard InChI is InChI=1S/C46H67FNO2/c1-12-15-16-17-18-19-33-20-21-34-30-48-40(26-35(34)25-33)37-24-32(4)39(47)27-38(37)46(14-3)31-45(48,13-2)29-36(46)22-23-50-42(44(8,9)10)28-41(49-11)43(5,6)7/h20-21,24-28,30,36,42H,12-19,22-23,29,31H2,1-11H3/q+1. The topological polar surface area (TPSA) is 22.3 Å². The van der Waals surface area contributed by atoms with E-state index < -0.39 is 0 Å². The number of hydrogen-bond donors (Lipinski definition) is 0. The quantitative estimate of drug-likeness (QED) is 0.0958. The van der Waals surface area contributed by atoms with Crippen LogP contribution in [0, 0.1) is 29.5 Å². The number of benzene rings is 2. The van der Waals surface area contributed by atoms with Crippen molar-refractivity contribution in [2.75, 3.05) is 13.7 Å². The Kier molecular flexibility index (Phi) is 11.6. The zero-order valence-electron chi connectivity index (χ0n) is 33.4. The monoisotopic (exact) mass is 685 g/mol. The third-order valence-electron chi connectivity index (χ3n) is 12.4. The van der Waals surface area contributed by atoms with Crippen molar-refractivity contribution >= 4 is 10.8 Å². The Labute approximate surface area is 304 Å². The van der Waals surface area contributed by atoms with Crippen molar-refractivity contribution in [3.63, 3.8) is 0 Å². The Bertz CT molecular complexity index is 1680. The lowest BCUT2D eigenvalue weighted by molar-refractivity contribution is -0.754. The molecule has 0 saturated heterocycles. The predicted octanol–water partition coefficient (Wildman–Crippen LogP) is 12.3. The number of aromatic nitrogens is 1. The van der Waals surface area contributed by atoms with Gasteiger partial charge in [0.2, 0.25) is 5.69 Å². The van der Waals surface area contributed by atoms with Crippen LogP contribution in [0.25, 0.3) is 22.0 Å². The smallest absolute Gasteiger partial charge is 0.213 e. The molecule has 1 saturated carbocycles. The Hall–Kier alpha value is -2.72. The highest BCUT2D eigenvalue weighted by Gasteiger charge is 2.61. The summed E-state index contributed by atoms with van der Waals surface area (Å²) in [6.07, 6.45) is 17.2. The van der Waals surface area contributed by atoms with Crippen molar-refractivity contribution in [1.29, 1.82) is 0 Å². The molecule has 0 amide bonds. The Morgan fingerprint density at radius 1 is 0.960 bits per heavy atom. The van der Waals surface area contributed by atoms with Crippen LogP contribution >= 0.6 is 0 Å². The van der Waals surface area contributed by atoms with E-state index in [1.165, 1.54) is 65.3 Å². The van der Waals surface area contributed by atoms with Gasteiger partial charge in [-0.1, -0.05) is 100 Å². The third-order valence-corrected chi connectivity index (χ3v) is 12.4. The van der Waals surface area contributed by atoms with Gasteiger partial charge in [0.25, 0.3) is 0 Å². The maximum Gasteiger partial charge on any atom is 0.213 e. The minimum Gasteiger partial charge on any atom is -0.501 e. The fourth-order valence-corrected chi connectivity index (χ4v) is 9.31. The van der Waals surface area contributed by atoms with Gasteiger partial charge in [-0.3, -0.25) is 0 Å². The molecule has 3 aromatic rings. The lowest BCUT2D eigenvalue weighted by Crippen LogP contribution is -2.55. The number of halogens is 1. The van der Waals surface area contributed by atoms with Crippen LogP contribution in [0.4, 0.5) is 4.39 Å². The minimum atomic E-state index is -0.138. The summed E-state index contributed by atoms with van der Waals surface area (Å²) in [6, 6.07) is 13.6. The van der Waals surface area contributed by atoms with E-state index >= 15 is 4.39 Å². The van der Waals surface area contributed by atoms with Crippen LogP contribution in [-0.2, 0) is 26.8 Å². The number of pyridine rings is 1. The molecule has 2 aliphatic rings. The first-order valence-electron chi connectivity index (χ1n) is 19.8. The Morgan fingerprint density at radius 3 is 2.34 bits per heavy atom. The molecule has 274 valence electrons. The molecule has 2 heterocycles. The van der Waals surface area contributed by atoms with Crippen molar-refractivity contribution in [3.8, 4) is 11.3 Å².